The zero-order valence-corrected chi connectivity index (χ0v) is 16.4. The van der Waals surface area contributed by atoms with Gasteiger partial charge in [-0.15, -0.1) is 0 Å². The Morgan fingerprint density at radius 1 is 1.17 bits per heavy atom. The van der Waals surface area contributed by atoms with Crippen molar-refractivity contribution in [1.82, 2.24) is 4.98 Å². The molecule has 0 radical (unpaired) electrons. The summed E-state index contributed by atoms with van der Waals surface area (Å²) in [6.07, 6.45) is 0.663. The predicted molar refractivity (Wildman–Crippen MR) is 113 cm³/mol. The Bertz CT molecular complexity index is 1000. The van der Waals surface area contributed by atoms with Crippen LogP contribution in [0.2, 0.25) is 0 Å². The number of fused-ring (bicyclic) bond motifs is 1. The minimum absolute atomic E-state index is 0.143. The van der Waals surface area contributed by atoms with Crippen molar-refractivity contribution < 1.29 is 13.9 Å². The molecule has 0 spiro atoms. The van der Waals surface area contributed by atoms with E-state index in [-0.39, 0.29) is 11.8 Å². The number of carbonyl (C=O) groups is 1. The van der Waals surface area contributed by atoms with Gasteiger partial charge in [0, 0.05) is 24.2 Å². The van der Waals surface area contributed by atoms with Crippen molar-refractivity contribution in [2.45, 2.75) is 19.3 Å². The topological polar surface area (TPSA) is 54.5 Å². The van der Waals surface area contributed by atoms with Gasteiger partial charge >= 0.3 is 0 Å². The Balaban J connectivity index is 1.57. The predicted octanol–water partition coefficient (Wildman–Crippen LogP) is 4.34. The van der Waals surface area contributed by atoms with E-state index in [2.05, 4.69) is 15.2 Å². The van der Waals surface area contributed by atoms with Crippen LogP contribution >= 0.6 is 0 Å². The first kappa shape index (κ1) is 19.3. The lowest BCUT2D eigenvalue weighted by atomic mass is 9.95. The van der Waals surface area contributed by atoms with Gasteiger partial charge in [-0.2, -0.15) is 0 Å². The molecule has 2 aromatic carbocycles. The van der Waals surface area contributed by atoms with Crippen LogP contribution in [0.4, 0.5) is 15.9 Å². The summed E-state index contributed by atoms with van der Waals surface area (Å²) in [6.45, 7) is 4.74. The van der Waals surface area contributed by atoms with E-state index in [4.69, 9.17) is 4.74 Å². The molecule has 5 nitrogen and oxygen atoms in total. The number of carbonyl (C=O) groups excluding carboxylic acids is 1. The maximum absolute atomic E-state index is 14.8. The first-order valence-electron chi connectivity index (χ1n) is 9.94. The minimum atomic E-state index is -0.444. The number of morpholine rings is 1. The van der Waals surface area contributed by atoms with Crippen LogP contribution in [0, 0.1) is 5.82 Å². The van der Waals surface area contributed by atoms with Crippen molar-refractivity contribution in [3.8, 4) is 0 Å². The molecule has 0 aliphatic carbocycles. The molecule has 0 bridgehead atoms. The molecule has 6 heteroatoms. The van der Waals surface area contributed by atoms with Gasteiger partial charge in [0.2, 0.25) is 5.91 Å². The van der Waals surface area contributed by atoms with E-state index in [0.29, 0.717) is 36.2 Å². The third-order valence-corrected chi connectivity index (χ3v) is 5.26. The van der Waals surface area contributed by atoms with Crippen LogP contribution in [0.5, 0.6) is 0 Å². The third kappa shape index (κ3) is 4.22. The normalized spacial score (nSPS) is 15.3. The van der Waals surface area contributed by atoms with E-state index < -0.39 is 5.82 Å². The molecule has 29 heavy (non-hydrogen) atoms. The number of benzene rings is 2. The van der Waals surface area contributed by atoms with Crippen LogP contribution in [0.15, 0.2) is 54.6 Å². The zero-order valence-electron chi connectivity index (χ0n) is 16.4. The van der Waals surface area contributed by atoms with Crippen LogP contribution < -0.4 is 10.2 Å². The Labute approximate surface area is 169 Å². The van der Waals surface area contributed by atoms with E-state index in [0.717, 1.165) is 24.5 Å². The Hall–Kier alpha value is -2.99. The Kier molecular flexibility index (Phi) is 5.71. The zero-order chi connectivity index (χ0) is 20.2. The maximum Gasteiger partial charge on any atom is 0.231 e. The standard InChI is InChI=1S/C23H24FN3O2/c1-2-19(16-6-4-3-5-7-16)23(28)25-18-14-17-8-9-21(26-22(17)20(24)15-18)27-10-12-29-13-11-27/h3-9,14-15,19H,2,10-13H2,1H3,(H,25,28)/t19-/m0/s1. The van der Waals surface area contributed by atoms with Gasteiger partial charge in [-0.1, -0.05) is 37.3 Å². The number of nitrogens with zero attached hydrogens (tertiary/aromatic N) is 2. The molecule has 3 aromatic rings. The monoisotopic (exact) mass is 393 g/mol. The summed E-state index contributed by atoms with van der Waals surface area (Å²) in [4.78, 5) is 19.4. The first-order valence-corrected chi connectivity index (χ1v) is 9.94. The van der Waals surface area contributed by atoms with Gasteiger partial charge in [0.1, 0.15) is 11.3 Å². The molecule has 1 N–H and O–H groups in total. The van der Waals surface area contributed by atoms with Crippen LogP contribution in [-0.2, 0) is 9.53 Å². The van der Waals surface area contributed by atoms with Gasteiger partial charge in [0.25, 0.3) is 0 Å². The fraction of sp³-hybridized carbons (Fsp3) is 0.304. The average Bonchev–Trinajstić information content (AvgIpc) is 2.75. The maximum atomic E-state index is 14.8. The fourth-order valence-corrected chi connectivity index (χ4v) is 3.71. The number of rotatable bonds is 5. The van der Waals surface area contributed by atoms with Crippen molar-refractivity contribution in [1.29, 1.82) is 0 Å². The van der Waals surface area contributed by atoms with Crippen LogP contribution in [0.3, 0.4) is 0 Å². The summed E-state index contributed by atoms with van der Waals surface area (Å²) in [6, 6.07) is 16.5. The summed E-state index contributed by atoms with van der Waals surface area (Å²) in [5.41, 5.74) is 1.70. The van der Waals surface area contributed by atoms with Crippen LogP contribution in [0.1, 0.15) is 24.8 Å². The van der Waals surface area contributed by atoms with Crippen molar-refractivity contribution >= 4 is 28.3 Å². The number of nitrogens with one attached hydrogen (secondary N) is 1. The number of hydrogen-bond donors (Lipinski definition) is 1. The van der Waals surface area contributed by atoms with Gasteiger partial charge in [-0.05, 0) is 36.2 Å². The smallest absolute Gasteiger partial charge is 0.231 e. The molecule has 1 saturated heterocycles. The van der Waals surface area contributed by atoms with Gasteiger partial charge in [0.05, 0.1) is 19.1 Å². The number of aromatic nitrogens is 1. The van der Waals surface area contributed by atoms with E-state index in [1.807, 2.05) is 49.4 Å². The molecular formula is C23H24FN3O2. The van der Waals surface area contributed by atoms with Crippen molar-refractivity contribution in [3.05, 3.63) is 66.0 Å². The number of hydrogen-bond acceptors (Lipinski definition) is 4. The highest BCUT2D eigenvalue weighted by Gasteiger charge is 2.20. The number of ether oxygens (including phenoxy) is 1. The molecule has 150 valence electrons. The second kappa shape index (κ2) is 8.57. The average molecular weight is 393 g/mol. The highest BCUT2D eigenvalue weighted by molar-refractivity contribution is 5.97. The molecule has 1 aliphatic rings. The first-order chi connectivity index (χ1) is 14.2. The lowest BCUT2D eigenvalue weighted by molar-refractivity contribution is -0.117. The lowest BCUT2D eigenvalue weighted by Gasteiger charge is -2.28. The molecule has 0 saturated carbocycles. The quantitative estimate of drug-likeness (QED) is 0.701. The molecule has 2 heterocycles. The van der Waals surface area contributed by atoms with E-state index >= 15 is 0 Å². The summed E-state index contributed by atoms with van der Waals surface area (Å²) >= 11 is 0. The largest absolute Gasteiger partial charge is 0.378 e. The summed E-state index contributed by atoms with van der Waals surface area (Å²) in [5.74, 6) is -0.126. The molecule has 4 rings (SSSR count). The van der Waals surface area contributed by atoms with Gasteiger partial charge in [-0.25, -0.2) is 9.37 Å². The molecule has 1 amide bonds. The highest BCUT2D eigenvalue weighted by Crippen LogP contribution is 2.27. The number of pyridine rings is 1. The van der Waals surface area contributed by atoms with Crippen molar-refractivity contribution in [2.24, 2.45) is 0 Å². The molecular weight excluding hydrogens is 369 g/mol. The second-order valence-electron chi connectivity index (χ2n) is 7.16. The number of anilines is 2. The highest BCUT2D eigenvalue weighted by atomic mass is 19.1. The van der Waals surface area contributed by atoms with Gasteiger partial charge in [-0.3, -0.25) is 4.79 Å². The fourth-order valence-electron chi connectivity index (χ4n) is 3.71. The molecule has 1 atom stereocenters. The second-order valence-corrected chi connectivity index (χ2v) is 7.16. The summed E-state index contributed by atoms with van der Waals surface area (Å²) in [5, 5.41) is 3.53. The van der Waals surface area contributed by atoms with E-state index in [1.54, 1.807) is 6.07 Å². The summed E-state index contributed by atoms with van der Waals surface area (Å²) in [7, 11) is 0. The third-order valence-electron chi connectivity index (χ3n) is 5.26. The lowest BCUT2D eigenvalue weighted by Crippen LogP contribution is -2.36. The molecule has 0 unspecified atom stereocenters. The Morgan fingerprint density at radius 2 is 1.93 bits per heavy atom. The van der Waals surface area contributed by atoms with Gasteiger partial charge in [0.15, 0.2) is 5.82 Å². The Morgan fingerprint density at radius 3 is 2.66 bits per heavy atom. The van der Waals surface area contributed by atoms with E-state index in [9.17, 15) is 9.18 Å². The SMILES string of the molecule is CC[C@H](C(=O)Nc1cc(F)c2nc(N3CCOCC3)ccc2c1)c1ccccc1. The number of amides is 1. The van der Waals surface area contributed by atoms with Crippen molar-refractivity contribution in [2.75, 3.05) is 36.5 Å². The number of halogens is 1. The van der Waals surface area contributed by atoms with Crippen LogP contribution in [-0.4, -0.2) is 37.2 Å². The summed E-state index contributed by atoms with van der Waals surface area (Å²) < 4.78 is 20.2. The molecule has 1 aliphatic heterocycles. The van der Waals surface area contributed by atoms with Crippen molar-refractivity contribution in [3.63, 3.8) is 0 Å². The minimum Gasteiger partial charge on any atom is -0.378 e. The molecule has 1 aromatic heterocycles. The van der Waals surface area contributed by atoms with Crippen LogP contribution in [0.25, 0.3) is 10.9 Å². The van der Waals surface area contributed by atoms with E-state index in [1.165, 1.54) is 6.07 Å². The van der Waals surface area contributed by atoms with Gasteiger partial charge < -0.3 is 15.0 Å². The molecule has 1 fully saturated rings.